The molecule has 10 heteroatoms. The van der Waals surface area contributed by atoms with Crippen molar-refractivity contribution in [3.05, 3.63) is 24.3 Å². The topological polar surface area (TPSA) is 119 Å². The number of ether oxygens (including phenoxy) is 1. The molecule has 1 aromatic rings. The number of sulfone groups is 2. The van der Waals surface area contributed by atoms with Crippen molar-refractivity contribution in [1.82, 2.24) is 5.32 Å². The van der Waals surface area contributed by atoms with Gasteiger partial charge in [-0.15, -0.1) is 0 Å². The van der Waals surface area contributed by atoms with Gasteiger partial charge in [-0.2, -0.15) is 0 Å². The van der Waals surface area contributed by atoms with Crippen molar-refractivity contribution in [2.45, 2.75) is 23.1 Å². The molecule has 0 spiro atoms. The SMILES string of the molecule is COCCNC1CS(=O)(=O)CC1S(=O)(=O)c1ccc(NC(C)=O)cc1. The molecule has 0 aliphatic carbocycles. The van der Waals surface area contributed by atoms with Crippen molar-refractivity contribution in [2.75, 3.05) is 37.1 Å². The Hall–Kier alpha value is -1.49. The number of hydrogen-bond donors (Lipinski definition) is 2. The standard InChI is InChI=1S/C15H22N2O6S2/c1-11(18)17-12-3-5-13(6-4-12)25(21,22)15-10-24(19,20)9-14(15)16-7-8-23-2/h3-6,14-16H,7-10H2,1-2H3,(H,17,18). The van der Waals surface area contributed by atoms with Crippen molar-refractivity contribution in [3.63, 3.8) is 0 Å². The van der Waals surface area contributed by atoms with Crippen molar-refractivity contribution < 1.29 is 26.4 Å². The van der Waals surface area contributed by atoms with E-state index >= 15 is 0 Å². The molecule has 1 aromatic carbocycles. The molecule has 1 saturated heterocycles. The molecule has 2 unspecified atom stereocenters. The fourth-order valence-electron chi connectivity index (χ4n) is 2.76. The minimum absolute atomic E-state index is 0.0299. The quantitative estimate of drug-likeness (QED) is 0.620. The first-order valence-electron chi connectivity index (χ1n) is 7.70. The van der Waals surface area contributed by atoms with Gasteiger partial charge in [0.25, 0.3) is 0 Å². The number of hydrogen-bond acceptors (Lipinski definition) is 7. The summed E-state index contributed by atoms with van der Waals surface area (Å²) in [6.45, 7) is 2.07. The molecule has 8 nitrogen and oxygen atoms in total. The molecule has 2 N–H and O–H groups in total. The summed E-state index contributed by atoms with van der Waals surface area (Å²) in [7, 11) is -5.76. The van der Waals surface area contributed by atoms with Crippen LogP contribution in [0, 0.1) is 0 Å². The first-order valence-corrected chi connectivity index (χ1v) is 11.1. The highest BCUT2D eigenvalue weighted by Gasteiger charge is 2.45. The molecule has 1 amide bonds. The molecule has 0 bridgehead atoms. The highest BCUT2D eigenvalue weighted by atomic mass is 32.2. The Bertz CT molecular complexity index is 818. The third-order valence-electron chi connectivity index (χ3n) is 3.91. The van der Waals surface area contributed by atoms with Gasteiger partial charge in [0.1, 0.15) is 0 Å². The smallest absolute Gasteiger partial charge is 0.221 e. The number of benzene rings is 1. The highest BCUT2D eigenvalue weighted by Crippen LogP contribution is 2.26. The molecule has 0 aromatic heterocycles. The number of anilines is 1. The van der Waals surface area contributed by atoms with Crippen LogP contribution >= 0.6 is 0 Å². The van der Waals surface area contributed by atoms with E-state index in [9.17, 15) is 21.6 Å². The summed E-state index contributed by atoms with van der Waals surface area (Å²) in [4.78, 5) is 11.1. The van der Waals surface area contributed by atoms with Crippen LogP contribution in [0.25, 0.3) is 0 Å². The van der Waals surface area contributed by atoms with Gasteiger partial charge in [0.2, 0.25) is 5.91 Å². The van der Waals surface area contributed by atoms with Gasteiger partial charge in [0.15, 0.2) is 19.7 Å². The van der Waals surface area contributed by atoms with Crippen molar-refractivity contribution >= 4 is 31.3 Å². The lowest BCUT2D eigenvalue weighted by Crippen LogP contribution is -2.44. The van der Waals surface area contributed by atoms with Gasteiger partial charge in [-0.1, -0.05) is 0 Å². The Kier molecular flexibility index (Phi) is 6.20. The summed E-state index contributed by atoms with van der Waals surface area (Å²) in [5.74, 6) is -0.891. The van der Waals surface area contributed by atoms with E-state index in [2.05, 4.69) is 10.6 Å². The summed E-state index contributed by atoms with van der Waals surface area (Å²) >= 11 is 0. The fourth-order valence-corrected chi connectivity index (χ4v) is 7.48. The molecule has 1 fully saturated rings. The second kappa shape index (κ2) is 7.81. The van der Waals surface area contributed by atoms with Gasteiger partial charge in [-0.25, -0.2) is 16.8 Å². The Balaban J connectivity index is 2.24. The Morgan fingerprint density at radius 1 is 1.24 bits per heavy atom. The lowest BCUT2D eigenvalue weighted by molar-refractivity contribution is -0.114. The number of amides is 1. The molecular weight excluding hydrogens is 368 g/mol. The molecule has 2 atom stereocenters. The molecule has 140 valence electrons. The van der Waals surface area contributed by atoms with Gasteiger partial charge in [-0.3, -0.25) is 4.79 Å². The van der Waals surface area contributed by atoms with E-state index in [0.717, 1.165) is 0 Å². The molecular formula is C15H22N2O6S2. The van der Waals surface area contributed by atoms with E-state index in [4.69, 9.17) is 4.74 Å². The number of carbonyl (C=O) groups is 1. The summed E-state index contributed by atoms with van der Waals surface area (Å²) in [5.41, 5.74) is 0.472. The zero-order valence-corrected chi connectivity index (χ0v) is 15.7. The van der Waals surface area contributed by atoms with Gasteiger partial charge in [0.05, 0.1) is 28.3 Å². The lowest BCUT2D eigenvalue weighted by atomic mass is 10.2. The Morgan fingerprint density at radius 2 is 1.88 bits per heavy atom. The highest BCUT2D eigenvalue weighted by molar-refractivity contribution is 7.96. The van der Waals surface area contributed by atoms with Crippen LogP contribution in [0.5, 0.6) is 0 Å². The zero-order valence-electron chi connectivity index (χ0n) is 14.1. The average Bonchev–Trinajstić information content (AvgIpc) is 2.83. The van der Waals surface area contributed by atoms with E-state index in [1.54, 1.807) is 0 Å². The average molecular weight is 390 g/mol. The molecule has 0 radical (unpaired) electrons. The van der Waals surface area contributed by atoms with Gasteiger partial charge >= 0.3 is 0 Å². The van der Waals surface area contributed by atoms with Crippen LogP contribution in [0.15, 0.2) is 29.2 Å². The summed E-state index contributed by atoms with van der Waals surface area (Å²) in [6, 6.07) is 5.02. The van der Waals surface area contributed by atoms with Crippen LogP contribution in [-0.2, 0) is 29.2 Å². The minimum Gasteiger partial charge on any atom is -0.383 e. The molecule has 0 saturated carbocycles. The first kappa shape index (κ1) is 19.8. The van der Waals surface area contributed by atoms with Gasteiger partial charge < -0.3 is 15.4 Å². The predicted octanol–water partition coefficient (Wildman–Crippen LogP) is -0.180. The van der Waals surface area contributed by atoms with Crippen LogP contribution < -0.4 is 10.6 Å². The molecule has 2 rings (SSSR count). The third kappa shape index (κ3) is 5.00. The normalized spacial score (nSPS) is 22.6. The first-order chi connectivity index (χ1) is 11.7. The maximum atomic E-state index is 12.9. The van der Waals surface area contributed by atoms with Crippen LogP contribution in [0.1, 0.15) is 6.92 Å². The summed E-state index contributed by atoms with van der Waals surface area (Å²) in [5, 5.41) is 4.46. The number of nitrogens with one attached hydrogen (secondary N) is 2. The van der Waals surface area contributed by atoms with E-state index in [1.165, 1.54) is 38.3 Å². The maximum Gasteiger partial charge on any atom is 0.221 e. The van der Waals surface area contributed by atoms with E-state index in [0.29, 0.717) is 18.8 Å². The van der Waals surface area contributed by atoms with E-state index in [-0.39, 0.29) is 16.6 Å². The van der Waals surface area contributed by atoms with Gasteiger partial charge in [0, 0.05) is 32.3 Å². The molecule has 1 aliphatic heterocycles. The Labute approximate surface area is 147 Å². The Morgan fingerprint density at radius 3 is 2.44 bits per heavy atom. The van der Waals surface area contributed by atoms with Crippen LogP contribution in [0.4, 0.5) is 5.69 Å². The monoisotopic (exact) mass is 390 g/mol. The van der Waals surface area contributed by atoms with Crippen LogP contribution in [0.3, 0.4) is 0 Å². The predicted molar refractivity (Wildman–Crippen MR) is 94.0 cm³/mol. The minimum atomic E-state index is -3.84. The zero-order chi connectivity index (χ0) is 18.7. The van der Waals surface area contributed by atoms with Crippen LogP contribution in [0.2, 0.25) is 0 Å². The third-order valence-corrected chi connectivity index (χ3v) is 8.08. The van der Waals surface area contributed by atoms with Crippen LogP contribution in [-0.4, -0.2) is 65.8 Å². The molecule has 1 heterocycles. The van der Waals surface area contributed by atoms with Crippen molar-refractivity contribution in [3.8, 4) is 0 Å². The maximum absolute atomic E-state index is 12.9. The van der Waals surface area contributed by atoms with Crippen molar-refractivity contribution in [1.29, 1.82) is 0 Å². The van der Waals surface area contributed by atoms with Gasteiger partial charge in [-0.05, 0) is 24.3 Å². The lowest BCUT2D eigenvalue weighted by Gasteiger charge is -2.20. The fraction of sp³-hybridized carbons (Fsp3) is 0.533. The van der Waals surface area contributed by atoms with E-state index < -0.39 is 36.7 Å². The number of rotatable bonds is 7. The van der Waals surface area contributed by atoms with E-state index in [1.807, 2.05) is 0 Å². The summed E-state index contributed by atoms with van der Waals surface area (Å²) < 4.78 is 54.6. The molecule has 25 heavy (non-hydrogen) atoms. The largest absolute Gasteiger partial charge is 0.383 e. The number of methoxy groups -OCH3 is 1. The number of carbonyl (C=O) groups excluding carboxylic acids is 1. The van der Waals surface area contributed by atoms with Crippen molar-refractivity contribution in [2.24, 2.45) is 0 Å². The second-order valence-corrected chi connectivity index (χ2v) is 10.2. The molecule has 1 aliphatic rings. The second-order valence-electron chi connectivity index (χ2n) is 5.92. The summed E-state index contributed by atoms with van der Waals surface area (Å²) in [6.07, 6.45) is 0.